The second-order valence-electron chi connectivity index (χ2n) is 5.46. The van der Waals surface area contributed by atoms with Gasteiger partial charge in [0.2, 0.25) is 11.8 Å². The number of hydrogen-bond donors (Lipinski definition) is 1. The molecule has 0 unspecified atom stereocenters. The van der Waals surface area contributed by atoms with Crippen LogP contribution in [0.15, 0.2) is 65.3 Å². The molecular weight excluding hydrogens is 356 g/mol. The van der Waals surface area contributed by atoms with E-state index in [1.807, 2.05) is 49.4 Å². The van der Waals surface area contributed by atoms with Crippen molar-refractivity contribution in [1.29, 1.82) is 0 Å². The van der Waals surface area contributed by atoms with E-state index in [1.54, 1.807) is 18.4 Å². The molecule has 6 heteroatoms. The molecule has 4 nitrogen and oxygen atoms in total. The van der Waals surface area contributed by atoms with E-state index in [0.717, 1.165) is 16.9 Å². The van der Waals surface area contributed by atoms with Crippen molar-refractivity contribution in [1.82, 2.24) is 4.98 Å². The van der Waals surface area contributed by atoms with E-state index >= 15 is 0 Å². The summed E-state index contributed by atoms with van der Waals surface area (Å²) in [5.41, 5.74) is 2.47. The molecule has 1 N–H and O–H groups in total. The summed E-state index contributed by atoms with van der Waals surface area (Å²) < 4.78 is 5.51. The number of carbonyl (C=O) groups is 1. The smallest absolute Gasteiger partial charge is 0.237 e. The van der Waals surface area contributed by atoms with Crippen molar-refractivity contribution in [3.63, 3.8) is 0 Å². The fourth-order valence-electron chi connectivity index (χ4n) is 2.15. The van der Waals surface area contributed by atoms with E-state index in [9.17, 15) is 4.79 Å². The fourth-order valence-corrected chi connectivity index (χ4v) is 3.04. The van der Waals surface area contributed by atoms with E-state index in [1.165, 1.54) is 11.8 Å². The molecule has 3 aromatic rings. The SMILES string of the molecule is C[C@H](SCc1coc(-c2ccc(Cl)cc2)n1)C(=O)Nc1ccccc1. The predicted octanol–water partition coefficient (Wildman–Crippen LogP) is 5.26. The minimum atomic E-state index is -0.198. The standard InChI is InChI=1S/C19H17ClN2O2S/c1-13(18(23)21-16-5-3-2-4-6-16)25-12-17-11-24-19(22-17)14-7-9-15(20)10-8-14/h2-11,13H,12H2,1H3,(H,21,23)/t13-/m0/s1. The Morgan fingerprint density at radius 2 is 1.92 bits per heavy atom. The Labute approximate surface area is 155 Å². The summed E-state index contributed by atoms with van der Waals surface area (Å²) in [7, 11) is 0. The van der Waals surface area contributed by atoms with Gasteiger partial charge in [-0.25, -0.2) is 4.98 Å². The first-order valence-electron chi connectivity index (χ1n) is 7.79. The number of thioether (sulfide) groups is 1. The Hall–Kier alpha value is -2.24. The lowest BCUT2D eigenvalue weighted by molar-refractivity contribution is -0.115. The molecule has 0 bridgehead atoms. The highest BCUT2D eigenvalue weighted by Crippen LogP contribution is 2.24. The minimum Gasteiger partial charge on any atom is -0.444 e. The molecule has 2 aromatic carbocycles. The number of hydrogen-bond acceptors (Lipinski definition) is 4. The number of carbonyl (C=O) groups excluding carboxylic acids is 1. The van der Waals surface area contributed by atoms with Gasteiger partial charge in [-0.15, -0.1) is 11.8 Å². The molecule has 0 fully saturated rings. The quantitative estimate of drug-likeness (QED) is 0.641. The molecule has 1 aromatic heterocycles. The van der Waals surface area contributed by atoms with Gasteiger partial charge in [0.1, 0.15) is 6.26 Å². The van der Waals surface area contributed by atoms with Gasteiger partial charge in [-0.2, -0.15) is 0 Å². The number of halogens is 1. The maximum Gasteiger partial charge on any atom is 0.237 e. The molecule has 1 amide bonds. The number of amides is 1. The Morgan fingerprint density at radius 1 is 1.20 bits per heavy atom. The summed E-state index contributed by atoms with van der Waals surface area (Å²) >= 11 is 7.40. The third-order valence-corrected chi connectivity index (χ3v) is 4.96. The molecule has 0 aliphatic carbocycles. The fraction of sp³-hybridized carbons (Fsp3) is 0.158. The summed E-state index contributed by atoms with van der Waals surface area (Å²) in [6.07, 6.45) is 1.62. The second-order valence-corrected chi connectivity index (χ2v) is 7.22. The minimum absolute atomic E-state index is 0.0300. The number of aromatic nitrogens is 1. The van der Waals surface area contributed by atoms with Gasteiger partial charge in [-0.1, -0.05) is 29.8 Å². The first-order chi connectivity index (χ1) is 12.1. The molecule has 0 aliphatic heterocycles. The summed E-state index contributed by atoms with van der Waals surface area (Å²) in [6.45, 7) is 1.88. The van der Waals surface area contributed by atoms with Crippen LogP contribution in [0.2, 0.25) is 5.02 Å². The number of nitrogens with one attached hydrogen (secondary N) is 1. The van der Waals surface area contributed by atoms with Crippen LogP contribution in [0.5, 0.6) is 0 Å². The zero-order valence-corrected chi connectivity index (χ0v) is 15.2. The van der Waals surface area contributed by atoms with Crippen LogP contribution < -0.4 is 5.32 Å². The topological polar surface area (TPSA) is 55.1 Å². The normalized spacial score (nSPS) is 11.9. The Bertz CT molecular complexity index is 834. The number of anilines is 1. The largest absolute Gasteiger partial charge is 0.444 e. The van der Waals surface area contributed by atoms with Crippen molar-refractivity contribution in [2.75, 3.05) is 5.32 Å². The molecule has 25 heavy (non-hydrogen) atoms. The van der Waals surface area contributed by atoms with E-state index in [2.05, 4.69) is 10.3 Å². The highest BCUT2D eigenvalue weighted by molar-refractivity contribution is 7.99. The average Bonchev–Trinajstić information content (AvgIpc) is 3.10. The zero-order chi connectivity index (χ0) is 17.6. The highest BCUT2D eigenvalue weighted by atomic mass is 35.5. The number of rotatable bonds is 6. The van der Waals surface area contributed by atoms with Crippen molar-refractivity contribution < 1.29 is 9.21 Å². The van der Waals surface area contributed by atoms with Gasteiger partial charge in [-0.3, -0.25) is 4.79 Å². The Morgan fingerprint density at radius 3 is 2.64 bits per heavy atom. The zero-order valence-electron chi connectivity index (χ0n) is 13.6. The third kappa shape index (κ3) is 4.87. The Balaban J connectivity index is 1.54. The van der Waals surface area contributed by atoms with Gasteiger partial charge in [0.25, 0.3) is 0 Å². The maximum absolute atomic E-state index is 12.2. The highest BCUT2D eigenvalue weighted by Gasteiger charge is 2.15. The molecule has 1 atom stereocenters. The van der Waals surface area contributed by atoms with Crippen molar-refractivity contribution in [3.8, 4) is 11.5 Å². The molecule has 0 saturated carbocycles. The second kappa shape index (κ2) is 8.23. The number of oxazole rings is 1. The van der Waals surface area contributed by atoms with Crippen LogP contribution in [-0.2, 0) is 10.5 Å². The van der Waals surface area contributed by atoms with Crippen LogP contribution >= 0.6 is 23.4 Å². The molecule has 0 radical (unpaired) electrons. The van der Waals surface area contributed by atoms with Gasteiger partial charge in [0.05, 0.1) is 10.9 Å². The number of para-hydroxylation sites is 1. The van der Waals surface area contributed by atoms with Crippen LogP contribution in [0.25, 0.3) is 11.5 Å². The third-order valence-electron chi connectivity index (χ3n) is 3.53. The molecule has 3 rings (SSSR count). The number of benzene rings is 2. The summed E-state index contributed by atoms with van der Waals surface area (Å²) in [5, 5.41) is 3.37. The molecule has 0 aliphatic rings. The first-order valence-corrected chi connectivity index (χ1v) is 9.22. The summed E-state index contributed by atoms with van der Waals surface area (Å²) in [4.78, 5) is 16.7. The summed E-state index contributed by atoms with van der Waals surface area (Å²) in [6, 6.07) is 16.7. The lowest BCUT2D eigenvalue weighted by atomic mass is 10.2. The van der Waals surface area contributed by atoms with Crippen LogP contribution in [-0.4, -0.2) is 16.1 Å². The van der Waals surface area contributed by atoms with E-state index in [4.69, 9.17) is 16.0 Å². The average molecular weight is 373 g/mol. The lowest BCUT2D eigenvalue weighted by Gasteiger charge is -2.11. The van der Waals surface area contributed by atoms with Crippen LogP contribution in [0.3, 0.4) is 0 Å². The first kappa shape index (κ1) is 17.6. The van der Waals surface area contributed by atoms with Crippen molar-refractivity contribution >= 4 is 35.0 Å². The molecular formula is C19H17ClN2O2S. The monoisotopic (exact) mass is 372 g/mol. The van der Waals surface area contributed by atoms with Crippen LogP contribution in [0.4, 0.5) is 5.69 Å². The molecule has 1 heterocycles. The van der Waals surface area contributed by atoms with Crippen molar-refractivity contribution in [2.24, 2.45) is 0 Å². The van der Waals surface area contributed by atoms with Gasteiger partial charge in [0, 0.05) is 22.0 Å². The summed E-state index contributed by atoms with van der Waals surface area (Å²) in [5.74, 6) is 1.12. The molecule has 0 saturated heterocycles. The van der Waals surface area contributed by atoms with Gasteiger partial charge in [0.15, 0.2) is 0 Å². The van der Waals surface area contributed by atoms with E-state index in [-0.39, 0.29) is 11.2 Å². The van der Waals surface area contributed by atoms with Gasteiger partial charge in [-0.05, 0) is 43.3 Å². The Kier molecular flexibility index (Phi) is 5.79. The van der Waals surface area contributed by atoms with Crippen LogP contribution in [0.1, 0.15) is 12.6 Å². The van der Waals surface area contributed by atoms with Gasteiger partial charge < -0.3 is 9.73 Å². The van der Waals surface area contributed by atoms with Gasteiger partial charge >= 0.3 is 0 Å². The predicted molar refractivity (Wildman–Crippen MR) is 103 cm³/mol. The van der Waals surface area contributed by atoms with Crippen molar-refractivity contribution in [3.05, 3.63) is 71.6 Å². The van der Waals surface area contributed by atoms with Crippen molar-refractivity contribution in [2.45, 2.75) is 17.9 Å². The number of nitrogens with zero attached hydrogens (tertiary/aromatic N) is 1. The van der Waals surface area contributed by atoms with E-state index in [0.29, 0.717) is 16.7 Å². The molecule has 0 spiro atoms. The molecule has 128 valence electrons. The maximum atomic E-state index is 12.2. The van der Waals surface area contributed by atoms with Crippen LogP contribution in [0, 0.1) is 0 Å². The van der Waals surface area contributed by atoms with E-state index < -0.39 is 0 Å². The lowest BCUT2D eigenvalue weighted by Crippen LogP contribution is -2.22.